The van der Waals surface area contributed by atoms with E-state index in [1.165, 1.54) is 10.5 Å². The van der Waals surface area contributed by atoms with E-state index in [9.17, 15) is 14.4 Å². The van der Waals surface area contributed by atoms with E-state index >= 15 is 0 Å². The molecule has 0 spiro atoms. The molecule has 4 amide bonds. The molecule has 146 valence electrons. The summed E-state index contributed by atoms with van der Waals surface area (Å²) in [4.78, 5) is 40.2. The number of amides is 4. The highest BCUT2D eigenvalue weighted by Gasteiger charge is 2.44. The second kappa shape index (κ2) is 7.84. The number of rotatable bonds is 5. The maximum Gasteiger partial charge on any atom is 0.332 e. The first-order valence-electron chi connectivity index (χ1n) is 9.39. The van der Waals surface area contributed by atoms with E-state index < -0.39 is 18.0 Å². The predicted molar refractivity (Wildman–Crippen MR) is 109 cm³/mol. The van der Waals surface area contributed by atoms with Gasteiger partial charge in [-0.3, -0.25) is 19.4 Å². The molecule has 6 heteroatoms. The normalized spacial score (nSPS) is 16.8. The minimum atomic E-state index is -0.645. The molecule has 0 aromatic heterocycles. The van der Waals surface area contributed by atoms with Gasteiger partial charge >= 0.3 is 6.03 Å². The average Bonchev–Trinajstić information content (AvgIpc) is 2.86. The molecule has 2 aromatic carbocycles. The van der Waals surface area contributed by atoms with E-state index in [-0.39, 0.29) is 12.5 Å². The van der Waals surface area contributed by atoms with Gasteiger partial charge < -0.3 is 5.32 Å². The Morgan fingerprint density at radius 2 is 1.64 bits per heavy atom. The molecular formula is C22H25N3O3. The highest BCUT2D eigenvalue weighted by Crippen LogP contribution is 2.26. The lowest BCUT2D eigenvalue weighted by Gasteiger charge is -2.19. The Morgan fingerprint density at radius 3 is 2.21 bits per heavy atom. The summed E-state index contributed by atoms with van der Waals surface area (Å²) in [6.45, 7) is 7.51. The highest BCUT2D eigenvalue weighted by atomic mass is 16.2. The molecule has 0 aliphatic carbocycles. The van der Waals surface area contributed by atoms with Gasteiger partial charge in [0.2, 0.25) is 5.91 Å². The Balaban J connectivity index is 1.69. The van der Waals surface area contributed by atoms with Gasteiger partial charge in [0.1, 0.15) is 12.6 Å². The van der Waals surface area contributed by atoms with Gasteiger partial charge in [0.05, 0.1) is 0 Å². The van der Waals surface area contributed by atoms with Crippen LogP contribution in [0.1, 0.15) is 37.8 Å². The summed E-state index contributed by atoms with van der Waals surface area (Å²) in [6, 6.07) is 13.8. The standard InChI is InChI=1S/C22H25N3O3/c1-14(2)17-7-9-18(10-8-17)23-20(26)13-24-21(27)16(4)25(22(24)28)19-11-5-15(3)6-12-19/h5-12,14,16H,13H2,1-4H3,(H,23,26)/t16-/m0/s1. The fourth-order valence-electron chi connectivity index (χ4n) is 3.21. The summed E-state index contributed by atoms with van der Waals surface area (Å²) in [6.07, 6.45) is 0. The van der Waals surface area contributed by atoms with Gasteiger partial charge in [-0.1, -0.05) is 43.7 Å². The maximum absolute atomic E-state index is 12.8. The fraction of sp³-hybridized carbons (Fsp3) is 0.318. The van der Waals surface area contributed by atoms with Crippen LogP contribution in [0, 0.1) is 6.92 Å². The molecule has 0 radical (unpaired) electrons. The highest BCUT2D eigenvalue weighted by molar-refractivity contribution is 6.16. The Morgan fingerprint density at radius 1 is 1.04 bits per heavy atom. The monoisotopic (exact) mass is 379 g/mol. The lowest BCUT2D eigenvalue weighted by atomic mass is 10.0. The van der Waals surface area contributed by atoms with E-state index in [2.05, 4.69) is 19.2 Å². The first-order chi connectivity index (χ1) is 13.3. The van der Waals surface area contributed by atoms with Crippen LogP contribution in [0.25, 0.3) is 0 Å². The van der Waals surface area contributed by atoms with Crippen LogP contribution >= 0.6 is 0 Å². The largest absolute Gasteiger partial charge is 0.332 e. The molecule has 1 heterocycles. The fourth-order valence-corrected chi connectivity index (χ4v) is 3.21. The number of anilines is 2. The van der Waals surface area contributed by atoms with Crippen LogP contribution in [0.15, 0.2) is 48.5 Å². The number of benzene rings is 2. The van der Waals surface area contributed by atoms with Gasteiger partial charge in [-0.15, -0.1) is 0 Å². The molecule has 3 rings (SSSR count). The van der Waals surface area contributed by atoms with Crippen molar-refractivity contribution < 1.29 is 14.4 Å². The zero-order chi connectivity index (χ0) is 20.4. The van der Waals surface area contributed by atoms with Crippen molar-refractivity contribution in [2.24, 2.45) is 0 Å². The smallest absolute Gasteiger partial charge is 0.325 e. The summed E-state index contributed by atoms with van der Waals surface area (Å²) >= 11 is 0. The Labute approximate surface area is 165 Å². The minimum absolute atomic E-state index is 0.309. The van der Waals surface area contributed by atoms with Gasteiger partial charge in [-0.2, -0.15) is 0 Å². The van der Waals surface area contributed by atoms with Crippen molar-refractivity contribution in [3.05, 3.63) is 59.7 Å². The van der Waals surface area contributed by atoms with Crippen molar-refractivity contribution in [3.63, 3.8) is 0 Å². The molecule has 1 atom stereocenters. The van der Waals surface area contributed by atoms with Crippen LogP contribution in [0.4, 0.5) is 16.2 Å². The topological polar surface area (TPSA) is 69.7 Å². The number of urea groups is 1. The quantitative estimate of drug-likeness (QED) is 0.801. The Bertz CT molecular complexity index is 888. The summed E-state index contributed by atoms with van der Waals surface area (Å²) in [5, 5.41) is 2.75. The third-order valence-corrected chi connectivity index (χ3v) is 4.92. The van der Waals surface area contributed by atoms with E-state index in [1.54, 1.807) is 19.1 Å². The van der Waals surface area contributed by atoms with Crippen LogP contribution in [0.3, 0.4) is 0 Å². The van der Waals surface area contributed by atoms with Crippen LogP contribution < -0.4 is 10.2 Å². The van der Waals surface area contributed by atoms with E-state index in [1.807, 2.05) is 43.3 Å². The van der Waals surface area contributed by atoms with Crippen molar-refractivity contribution >= 4 is 29.2 Å². The number of carbonyl (C=O) groups excluding carboxylic acids is 3. The molecular weight excluding hydrogens is 354 g/mol. The van der Waals surface area contributed by atoms with Crippen LogP contribution in [-0.2, 0) is 9.59 Å². The number of hydrogen-bond acceptors (Lipinski definition) is 3. The van der Waals surface area contributed by atoms with Gasteiger partial charge in [-0.05, 0) is 49.6 Å². The number of carbonyl (C=O) groups is 3. The van der Waals surface area contributed by atoms with Gasteiger partial charge in [0, 0.05) is 11.4 Å². The molecule has 2 aromatic rings. The second-order valence-electron chi connectivity index (χ2n) is 7.41. The summed E-state index contributed by atoms with van der Waals surface area (Å²) < 4.78 is 0. The number of nitrogens with zero attached hydrogens (tertiary/aromatic N) is 2. The molecule has 0 saturated carbocycles. The van der Waals surface area contributed by atoms with Crippen LogP contribution in [0.5, 0.6) is 0 Å². The first kappa shape index (κ1) is 19.6. The lowest BCUT2D eigenvalue weighted by Crippen LogP contribution is -2.39. The SMILES string of the molecule is Cc1ccc(N2C(=O)N(CC(=O)Nc3ccc(C(C)C)cc3)C(=O)[C@@H]2C)cc1. The average molecular weight is 379 g/mol. The van der Waals surface area contributed by atoms with E-state index in [0.717, 1.165) is 10.5 Å². The van der Waals surface area contributed by atoms with Crippen molar-refractivity contribution in [2.75, 3.05) is 16.8 Å². The van der Waals surface area contributed by atoms with Crippen LogP contribution in [0.2, 0.25) is 0 Å². The van der Waals surface area contributed by atoms with Gasteiger partial charge in [0.25, 0.3) is 5.91 Å². The van der Waals surface area contributed by atoms with Crippen molar-refractivity contribution in [3.8, 4) is 0 Å². The molecule has 1 aliphatic rings. The molecule has 1 N–H and O–H groups in total. The molecule has 28 heavy (non-hydrogen) atoms. The van der Waals surface area contributed by atoms with Crippen molar-refractivity contribution in [1.82, 2.24) is 4.90 Å². The second-order valence-corrected chi connectivity index (χ2v) is 7.41. The molecule has 1 fully saturated rings. The predicted octanol–water partition coefficient (Wildman–Crippen LogP) is 3.91. The third-order valence-electron chi connectivity index (χ3n) is 4.92. The van der Waals surface area contributed by atoms with Crippen LogP contribution in [-0.4, -0.2) is 35.3 Å². The number of aryl methyl sites for hydroxylation is 1. The summed E-state index contributed by atoms with van der Waals surface area (Å²) in [5.41, 5.74) is 3.51. The van der Waals surface area contributed by atoms with E-state index in [4.69, 9.17) is 0 Å². The molecule has 1 saturated heterocycles. The summed E-state index contributed by atoms with van der Waals surface area (Å²) in [7, 11) is 0. The number of nitrogens with one attached hydrogen (secondary N) is 1. The molecule has 0 bridgehead atoms. The van der Waals surface area contributed by atoms with Gasteiger partial charge in [-0.25, -0.2) is 4.79 Å². The molecule has 6 nitrogen and oxygen atoms in total. The first-order valence-corrected chi connectivity index (χ1v) is 9.39. The minimum Gasteiger partial charge on any atom is -0.325 e. The third kappa shape index (κ3) is 3.91. The number of hydrogen-bond donors (Lipinski definition) is 1. The molecule has 0 unspecified atom stereocenters. The number of imide groups is 1. The summed E-state index contributed by atoms with van der Waals surface area (Å²) in [5.74, 6) is -0.383. The maximum atomic E-state index is 12.8. The lowest BCUT2D eigenvalue weighted by molar-refractivity contribution is -0.130. The van der Waals surface area contributed by atoms with Gasteiger partial charge in [0.15, 0.2) is 0 Å². The Hall–Kier alpha value is -3.15. The van der Waals surface area contributed by atoms with Crippen molar-refractivity contribution in [1.29, 1.82) is 0 Å². The Kier molecular flexibility index (Phi) is 5.49. The molecule has 1 aliphatic heterocycles. The van der Waals surface area contributed by atoms with Crippen molar-refractivity contribution in [2.45, 2.75) is 39.7 Å². The zero-order valence-electron chi connectivity index (χ0n) is 16.6. The zero-order valence-corrected chi connectivity index (χ0v) is 16.6. The van der Waals surface area contributed by atoms with E-state index in [0.29, 0.717) is 17.3 Å².